The van der Waals surface area contributed by atoms with E-state index in [0.29, 0.717) is 12.3 Å². The smallest absolute Gasteiger partial charge is 0.168 e. The summed E-state index contributed by atoms with van der Waals surface area (Å²) in [6.45, 7) is 2.54. The zero-order valence-electron chi connectivity index (χ0n) is 8.77. The van der Waals surface area contributed by atoms with Crippen molar-refractivity contribution in [3.8, 4) is 0 Å². The monoisotopic (exact) mass is 205 g/mol. The van der Waals surface area contributed by atoms with Crippen LogP contribution < -0.4 is 5.73 Å². The van der Waals surface area contributed by atoms with Gasteiger partial charge in [0.2, 0.25) is 0 Å². The van der Waals surface area contributed by atoms with Crippen molar-refractivity contribution in [1.29, 1.82) is 0 Å². The predicted octanol–water partition coefficient (Wildman–Crippen LogP) is 1.88. The minimum absolute atomic E-state index is 0.0172. The van der Waals surface area contributed by atoms with E-state index in [2.05, 4.69) is 0 Å². The predicted molar refractivity (Wildman–Crippen MR) is 58.7 cm³/mol. The van der Waals surface area contributed by atoms with E-state index >= 15 is 0 Å². The molecule has 0 saturated carbocycles. The number of Topliss-reactive ketones (excluding diaryl/α,β-unsaturated/α-hetero) is 1. The van der Waals surface area contributed by atoms with Gasteiger partial charge >= 0.3 is 0 Å². The number of nitrogen functional groups attached to an aromatic ring is 1. The first-order valence-electron chi connectivity index (χ1n) is 5.18. The van der Waals surface area contributed by atoms with Crippen molar-refractivity contribution in [1.82, 2.24) is 0 Å². The van der Waals surface area contributed by atoms with E-state index in [-0.39, 0.29) is 17.8 Å². The molecule has 0 amide bonds. The lowest BCUT2D eigenvalue weighted by atomic mass is 9.95. The maximum absolute atomic E-state index is 12.0. The molecule has 0 aromatic heterocycles. The fraction of sp³-hybridized carbons (Fsp3) is 0.417. The van der Waals surface area contributed by atoms with E-state index < -0.39 is 0 Å². The number of hydrogen-bond acceptors (Lipinski definition) is 3. The van der Waals surface area contributed by atoms with Crippen molar-refractivity contribution in [2.24, 2.45) is 5.92 Å². The Labute approximate surface area is 89.2 Å². The van der Waals surface area contributed by atoms with Crippen molar-refractivity contribution in [3.05, 3.63) is 29.8 Å². The molecule has 1 heterocycles. The quantitative estimate of drug-likeness (QED) is 0.592. The molecule has 1 saturated heterocycles. The molecule has 80 valence electrons. The van der Waals surface area contributed by atoms with Crippen LogP contribution in [-0.2, 0) is 4.74 Å². The lowest BCUT2D eigenvalue weighted by Gasteiger charge is -2.06. The number of ether oxygens (including phenoxy) is 1. The summed E-state index contributed by atoms with van der Waals surface area (Å²) in [5.41, 5.74) is 6.98. The van der Waals surface area contributed by atoms with Gasteiger partial charge in [0.1, 0.15) is 0 Å². The average molecular weight is 205 g/mol. The molecule has 1 aliphatic heterocycles. The zero-order chi connectivity index (χ0) is 10.8. The fourth-order valence-corrected chi connectivity index (χ4v) is 1.88. The van der Waals surface area contributed by atoms with Crippen molar-refractivity contribution >= 4 is 11.5 Å². The van der Waals surface area contributed by atoms with Gasteiger partial charge in [-0.05, 0) is 37.6 Å². The van der Waals surface area contributed by atoms with E-state index in [9.17, 15) is 4.79 Å². The molecular weight excluding hydrogens is 190 g/mol. The van der Waals surface area contributed by atoms with Gasteiger partial charge in [0.25, 0.3) is 0 Å². The van der Waals surface area contributed by atoms with E-state index in [4.69, 9.17) is 10.5 Å². The van der Waals surface area contributed by atoms with Crippen LogP contribution >= 0.6 is 0 Å². The molecule has 1 fully saturated rings. The molecule has 2 unspecified atom stereocenters. The molecule has 3 heteroatoms. The topological polar surface area (TPSA) is 52.3 Å². The third-order valence-electron chi connectivity index (χ3n) is 2.76. The molecule has 2 N–H and O–H groups in total. The first-order valence-corrected chi connectivity index (χ1v) is 5.18. The molecule has 1 aromatic rings. The Kier molecular flexibility index (Phi) is 2.73. The highest BCUT2D eigenvalue weighted by Gasteiger charge is 2.28. The minimum Gasteiger partial charge on any atom is -0.399 e. The fourth-order valence-electron chi connectivity index (χ4n) is 1.88. The van der Waals surface area contributed by atoms with Crippen molar-refractivity contribution in [2.75, 3.05) is 12.3 Å². The second-order valence-electron chi connectivity index (χ2n) is 4.06. The van der Waals surface area contributed by atoms with Crippen molar-refractivity contribution in [2.45, 2.75) is 19.4 Å². The Morgan fingerprint density at radius 1 is 1.40 bits per heavy atom. The summed E-state index contributed by atoms with van der Waals surface area (Å²) in [4.78, 5) is 12.0. The summed E-state index contributed by atoms with van der Waals surface area (Å²) in [6, 6.07) is 7.07. The van der Waals surface area contributed by atoms with Crippen LogP contribution in [0.5, 0.6) is 0 Å². The maximum atomic E-state index is 12.0. The molecule has 0 aliphatic carbocycles. The van der Waals surface area contributed by atoms with E-state index in [0.717, 1.165) is 12.0 Å². The Hall–Kier alpha value is -1.35. The van der Waals surface area contributed by atoms with Crippen molar-refractivity contribution in [3.63, 3.8) is 0 Å². The van der Waals surface area contributed by atoms with Gasteiger partial charge in [0, 0.05) is 17.2 Å². The van der Waals surface area contributed by atoms with Gasteiger partial charge in [0.15, 0.2) is 5.78 Å². The summed E-state index contributed by atoms with van der Waals surface area (Å²) in [7, 11) is 0. The van der Waals surface area contributed by atoms with E-state index in [1.165, 1.54) is 0 Å². The summed E-state index contributed by atoms with van der Waals surface area (Å²) >= 11 is 0. The number of ketones is 1. The third-order valence-corrected chi connectivity index (χ3v) is 2.76. The van der Waals surface area contributed by atoms with Gasteiger partial charge in [-0.15, -0.1) is 0 Å². The molecule has 0 bridgehead atoms. The van der Waals surface area contributed by atoms with Crippen LogP contribution in [0.3, 0.4) is 0 Å². The van der Waals surface area contributed by atoms with Gasteiger partial charge in [-0.2, -0.15) is 0 Å². The lowest BCUT2D eigenvalue weighted by molar-refractivity contribution is 0.0877. The molecule has 0 radical (unpaired) electrons. The molecule has 15 heavy (non-hydrogen) atoms. The number of anilines is 1. The number of hydrogen-bond donors (Lipinski definition) is 1. The van der Waals surface area contributed by atoms with Crippen LogP contribution in [0.15, 0.2) is 24.3 Å². The molecule has 2 atom stereocenters. The van der Waals surface area contributed by atoms with Gasteiger partial charge in [-0.25, -0.2) is 0 Å². The van der Waals surface area contributed by atoms with Crippen LogP contribution in [0, 0.1) is 5.92 Å². The SMILES string of the molecule is CC1CC(C(=O)c2ccc(N)cc2)CO1. The molecule has 0 spiro atoms. The van der Waals surface area contributed by atoms with Crippen LogP contribution in [-0.4, -0.2) is 18.5 Å². The number of benzene rings is 1. The second kappa shape index (κ2) is 4.03. The third kappa shape index (κ3) is 2.18. The highest BCUT2D eigenvalue weighted by atomic mass is 16.5. The normalized spacial score (nSPS) is 25.4. The highest BCUT2D eigenvalue weighted by Crippen LogP contribution is 2.23. The van der Waals surface area contributed by atoms with Gasteiger partial charge in [-0.1, -0.05) is 0 Å². The summed E-state index contributed by atoms with van der Waals surface area (Å²) in [5, 5.41) is 0. The van der Waals surface area contributed by atoms with Crippen molar-refractivity contribution < 1.29 is 9.53 Å². The first-order chi connectivity index (χ1) is 7.16. The Morgan fingerprint density at radius 2 is 2.07 bits per heavy atom. The van der Waals surface area contributed by atoms with Gasteiger partial charge < -0.3 is 10.5 Å². The van der Waals surface area contributed by atoms with Crippen LogP contribution in [0.25, 0.3) is 0 Å². The number of nitrogens with two attached hydrogens (primary N) is 1. The largest absolute Gasteiger partial charge is 0.399 e. The van der Waals surface area contributed by atoms with E-state index in [1.807, 2.05) is 6.92 Å². The number of rotatable bonds is 2. The number of carbonyl (C=O) groups is 1. The minimum atomic E-state index is 0.0172. The summed E-state index contributed by atoms with van der Waals surface area (Å²) in [6.07, 6.45) is 1.02. The Morgan fingerprint density at radius 3 is 2.60 bits per heavy atom. The molecule has 1 aromatic carbocycles. The summed E-state index contributed by atoms with van der Waals surface area (Å²) < 4.78 is 5.39. The Bertz CT molecular complexity index is 358. The number of carbonyl (C=O) groups excluding carboxylic acids is 1. The van der Waals surface area contributed by atoms with Gasteiger partial charge in [-0.3, -0.25) is 4.79 Å². The highest BCUT2D eigenvalue weighted by molar-refractivity contribution is 5.98. The molecule has 3 nitrogen and oxygen atoms in total. The molecular formula is C12H15NO2. The summed E-state index contributed by atoms with van der Waals surface area (Å²) in [5.74, 6) is 0.183. The van der Waals surface area contributed by atoms with E-state index in [1.54, 1.807) is 24.3 Å². The first kappa shape index (κ1) is 10.2. The Balaban J connectivity index is 2.11. The van der Waals surface area contributed by atoms with Crippen LogP contribution in [0.1, 0.15) is 23.7 Å². The maximum Gasteiger partial charge on any atom is 0.168 e. The van der Waals surface area contributed by atoms with Crippen LogP contribution in [0.2, 0.25) is 0 Å². The standard InChI is InChI=1S/C12H15NO2/c1-8-6-10(7-15-8)12(14)9-2-4-11(13)5-3-9/h2-5,8,10H,6-7,13H2,1H3. The molecule has 1 aliphatic rings. The van der Waals surface area contributed by atoms with Crippen LogP contribution in [0.4, 0.5) is 5.69 Å². The zero-order valence-corrected chi connectivity index (χ0v) is 8.77. The molecule has 2 rings (SSSR count). The van der Waals surface area contributed by atoms with Gasteiger partial charge in [0.05, 0.1) is 12.7 Å². The lowest BCUT2D eigenvalue weighted by Crippen LogP contribution is -2.14. The average Bonchev–Trinajstić information content (AvgIpc) is 2.65. The second-order valence-corrected chi connectivity index (χ2v) is 4.06.